The molecule has 0 saturated carbocycles. The first-order chi connectivity index (χ1) is 9.11. The van der Waals surface area contributed by atoms with Gasteiger partial charge in [0.2, 0.25) is 11.8 Å². The van der Waals surface area contributed by atoms with E-state index in [0.29, 0.717) is 18.3 Å². The molecular formula is C13H21N5O. The topological polar surface area (TPSA) is 68.8 Å². The first kappa shape index (κ1) is 13.7. The van der Waals surface area contributed by atoms with Crippen LogP contribution in [-0.4, -0.2) is 26.5 Å². The van der Waals surface area contributed by atoms with Crippen LogP contribution < -0.4 is 5.32 Å². The average molecular weight is 263 g/mol. The van der Waals surface area contributed by atoms with Crippen LogP contribution in [0.4, 0.5) is 0 Å². The lowest BCUT2D eigenvalue weighted by atomic mass is 10.2. The van der Waals surface area contributed by atoms with Gasteiger partial charge in [0.15, 0.2) is 0 Å². The van der Waals surface area contributed by atoms with E-state index in [9.17, 15) is 0 Å². The first-order valence-electron chi connectivity index (χ1n) is 6.64. The van der Waals surface area contributed by atoms with Crippen molar-refractivity contribution < 1.29 is 4.42 Å². The van der Waals surface area contributed by atoms with Crippen LogP contribution in [0.3, 0.4) is 0 Å². The average Bonchev–Trinajstić information content (AvgIpc) is 2.88. The lowest BCUT2D eigenvalue weighted by molar-refractivity contribution is 0.441. The highest BCUT2D eigenvalue weighted by Gasteiger charge is 2.13. The van der Waals surface area contributed by atoms with Gasteiger partial charge in [-0.2, -0.15) is 5.10 Å². The molecule has 0 aliphatic rings. The highest BCUT2D eigenvalue weighted by atomic mass is 16.4. The van der Waals surface area contributed by atoms with Crippen molar-refractivity contribution in [3.05, 3.63) is 28.7 Å². The fourth-order valence-corrected chi connectivity index (χ4v) is 2.06. The van der Waals surface area contributed by atoms with E-state index in [2.05, 4.69) is 34.5 Å². The second-order valence-electron chi connectivity index (χ2n) is 4.70. The Morgan fingerprint density at radius 1 is 1.21 bits per heavy atom. The van der Waals surface area contributed by atoms with Crippen molar-refractivity contribution in [2.45, 2.75) is 47.2 Å². The second-order valence-corrected chi connectivity index (χ2v) is 4.70. The van der Waals surface area contributed by atoms with Crippen LogP contribution >= 0.6 is 0 Å². The quantitative estimate of drug-likeness (QED) is 0.804. The van der Waals surface area contributed by atoms with Crippen LogP contribution in [0.25, 0.3) is 0 Å². The van der Waals surface area contributed by atoms with Gasteiger partial charge in [0, 0.05) is 24.7 Å². The van der Waals surface area contributed by atoms with E-state index >= 15 is 0 Å². The van der Waals surface area contributed by atoms with Gasteiger partial charge in [0.1, 0.15) is 6.54 Å². The lowest BCUT2D eigenvalue weighted by Gasteiger charge is -2.04. The molecule has 2 heterocycles. The van der Waals surface area contributed by atoms with Crippen molar-refractivity contribution in [2.24, 2.45) is 0 Å². The van der Waals surface area contributed by atoms with Gasteiger partial charge < -0.3 is 9.73 Å². The van der Waals surface area contributed by atoms with Gasteiger partial charge >= 0.3 is 0 Å². The predicted molar refractivity (Wildman–Crippen MR) is 71.8 cm³/mol. The molecule has 0 amide bonds. The summed E-state index contributed by atoms with van der Waals surface area (Å²) in [5, 5.41) is 15.8. The van der Waals surface area contributed by atoms with Crippen molar-refractivity contribution in [1.82, 2.24) is 25.3 Å². The van der Waals surface area contributed by atoms with Gasteiger partial charge in [0.05, 0.1) is 5.69 Å². The summed E-state index contributed by atoms with van der Waals surface area (Å²) in [5.74, 6) is 1.18. The van der Waals surface area contributed by atoms with Gasteiger partial charge in [-0.05, 0) is 26.8 Å². The molecule has 2 rings (SSSR count). The molecule has 6 heteroatoms. The van der Waals surface area contributed by atoms with Gasteiger partial charge in [0.25, 0.3) is 0 Å². The molecule has 104 valence electrons. The molecule has 0 aliphatic heterocycles. The molecule has 0 radical (unpaired) electrons. The number of hydrogen-bond acceptors (Lipinski definition) is 5. The van der Waals surface area contributed by atoms with Crippen LogP contribution in [-0.2, 0) is 13.1 Å². The minimum atomic E-state index is 0.529. The van der Waals surface area contributed by atoms with E-state index in [4.69, 9.17) is 4.42 Å². The Morgan fingerprint density at radius 3 is 2.63 bits per heavy atom. The summed E-state index contributed by atoms with van der Waals surface area (Å²) in [6.45, 7) is 10.5. The fraction of sp³-hybridized carbons (Fsp3) is 0.615. The zero-order valence-corrected chi connectivity index (χ0v) is 12.0. The van der Waals surface area contributed by atoms with Crippen molar-refractivity contribution in [3.63, 3.8) is 0 Å². The zero-order chi connectivity index (χ0) is 13.8. The number of aromatic nitrogens is 4. The summed E-state index contributed by atoms with van der Waals surface area (Å²) in [4.78, 5) is 0. The number of nitrogens with zero attached hydrogens (tertiary/aromatic N) is 4. The van der Waals surface area contributed by atoms with E-state index in [1.165, 1.54) is 5.56 Å². The molecule has 0 saturated heterocycles. The van der Waals surface area contributed by atoms with Crippen LogP contribution in [0.5, 0.6) is 0 Å². The molecule has 2 aromatic rings. The summed E-state index contributed by atoms with van der Waals surface area (Å²) < 4.78 is 7.31. The Morgan fingerprint density at radius 2 is 2.00 bits per heavy atom. The summed E-state index contributed by atoms with van der Waals surface area (Å²) >= 11 is 0. The standard InChI is InChI=1S/C13H21N5O/c1-5-6-14-7-12-9(2)17-18(10(12)3)8-13-16-15-11(4)19-13/h14H,5-8H2,1-4H3. The lowest BCUT2D eigenvalue weighted by Crippen LogP contribution is -2.15. The molecule has 1 N–H and O–H groups in total. The second kappa shape index (κ2) is 5.97. The first-order valence-corrected chi connectivity index (χ1v) is 6.64. The van der Waals surface area contributed by atoms with Crippen LogP contribution in [0.2, 0.25) is 0 Å². The van der Waals surface area contributed by atoms with E-state index < -0.39 is 0 Å². The number of nitrogens with one attached hydrogen (secondary N) is 1. The molecule has 2 aromatic heterocycles. The summed E-state index contributed by atoms with van der Waals surface area (Å²) in [6, 6.07) is 0. The highest BCUT2D eigenvalue weighted by Crippen LogP contribution is 2.14. The minimum Gasteiger partial charge on any atom is -0.424 e. The Bertz CT molecular complexity index is 543. The monoisotopic (exact) mass is 263 g/mol. The maximum Gasteiger partial charge on any atom is 0.237 e. The molecule has 19 heavy (non-hydrogen) atoms. The third-order valence-electron chi connectivity index (χ3n) is 3.11. The molecule has 0 atom stereocenters. The van der Waals surface area contributed by atoms with E-state index in [1.54, 1.807) is 6.92 Å². The van der Waals surface area contributed by atoms with E-state index in [-0.39, 0.29) is 0 Å². The van der Waals surface area contributed by atoms with Crippen LogP contribution in [0, 0.1) is 20.8 Å². The predicted octanol–water partition coefficient (Wildman–Crippen LogP) is 1.74. The molecule has 0 aliphatic carbocycles. The molecule has 0 fully saturated rings. The van der Waals surface area contributed by atoms with Crippen molar-refractivity contribution in [3.8, 4) is 0 Å². The largest absolute Gasteiger partial charge is 0.424 e. The normalized spacial score (nSPS) is 11.2. The van der Waals surface area contributed by atoms with Crippen molar-refractivity contribution in [1.29, 1.82) is 0 Å². The molecular weight excluding hydrogens is 242 g/mol. The molecule has 0 aromatic carbocycles. The van der Waals surface area contributed by atoms with Crippen LogP contribution in [0.1, 0.15) is 42.1 Å². The fourth-order valence-electron chi connectivity index (χ4n) is 2.06. The molecule has 0 unspecified atom stereocenters. The maximum atomic E-state index is 5.39. The Kier molecular flexibility index (Phi) is 4.31. The van der Waals surface area contributed by atoms with E-state index in [0.717, 1.165) is 30.9 Å². The number of hydrogen-bond donors (Lipinski definition) is 1. The van der Waals surface area contributed by atoms with Crippen molar-refractivity contribution >= 4 is 0 Å². The Balaban J connectivity index is 2.11. The van der Waals surface area contributed by atoms with Crippen molar-refractivity contribution in [2.75, 3.05) is 6.54 Å². The number of aryl methyl sites for hydroxylation is 2. The highest BCUT2D eigenvalue weighted by molar-refractivity contribution is 5.24. The van der Waals surface area contributed by atoms with Gasteiger partial charge in [-0.3, -0.25) is 4.68 Å². The third-order valence-corrected chi connectivity index (χ3v) is 3.11. The zero-order valence-electron chi connectivity index (χ0n) is 12.0. The molecule has 6 nitrogen and oxygen atoms in total. The summed E-state index contributed by atoms with van der Waals surface area (Å²) in [5.41, 5.74) is 3.46. The summed E-state index contributed by atoms with van der Waals surface area (Å²) in [6.07, 6.45) is 1.13. The van der Waals surface area contributed by atoms with Crippen LogP contribution in [0.15, 0.2) is 4.42 Å². The molecule has 0 bridgehead atoms. The van der Waals surface area contributed by atoms with E-state index in [1.807, 2.05) is 11.6 Å². The summed E-state index contributed by atoms with van der Waals surface area (Å²) in [7, 11) is 0. The molecule has 0 spiro atoms. The minimum absolute atomic E-state index is 0.529. The Labute approximate surface area is 113 Å². The Hall–Kier alpha value is -1.69. The van der Waals surface area contributed by atoms with Gasteiger partial charge in [-0.1, -0.05) is 6.92 Å². The van der Waals surface area contributed by atoms with Gasteiger partial charge in [-0.25, -0.2) is 0 Å². The third kappa shape index (κ3) is 3.20. The van der Waals surface area contributed by atoms with Gasteiger partial charge in [-0.15, -0.1) is 10.2 Å². The smallest absolute Gasteiger partial charge is 0.237 e. The maximum absolute atomic E-state index is 5.39. The SMILES string of the molecule is CCCNCc1c(C)nn(Cc2nnc(C)o2)c1C. The number of rotatable bonds is 6.